The van der Waals surface area contributed by atoms with E-state index < -0.39 is 0 Å². The summed E-state index contributed by atoms with van der Waals surface area (Å²) in [5.41, 5.74) is 1.15. The highest BCUT2D eigenvalue weighted by Crippen LogP contribution is 2.04. The van der Waals surface area contributed by atoms with Crippen LogP contribution in [0.4, 0.5) is 0 Å². The molecular formula is C14H19NO3. The van der Waals surface area contributed by atoms with Crippen molar-refractivity contribution in [2.24, 2.45) is 0 Å². The molecule has 4 heteroatoms. The number of nitrogens with zero attached hydrogens (tertiary/aromatic N) is 1. The van der Waals surface area contributed by atoms with E-state index in [4.69, 9.17) is 0 Å². The van der Waals surface area contributed by atoms with Gasteiger partial charge in [0.05, 0.1) is 13.5 Å². The molecule has 0 atom stereocenters. The van der Waals surface area contributed by atoms with Crippen molar-refractivity contribution in [3.8, 4) is 0 Å². The lowest BCUT2D eigenvalue weighted by molar-refractivity contribution is -0.141. The number of hydrogen-bond acceptors (Lipinski definition) is 3. The molecule has 1 aromatic carbocycles. The second-order valence-corrected chi connectivity index (χ2v) is 4.13. The Hall–Kier alpha value is -1.84. The maximum absolute atomic E-state index is 11.8. The fourth-order valence-electron chi connectivity index (χ4n) is 1.57. The smallest absolute Gasteiger partial charge is 0.307 e. The van der Waals surface area contributed by atoms with Crippen LogP contribution in [-0.2, 0) is 20.7 Å². The van der Waals surface area contributed by atoms with Crippen LogP contribution in [0.2, 0.25) is 0 Å². The van der Waals surface area contributed by atoms with Gasteiger partial charge in [-0.15, -0.1) is 0 Å². The van der Waals surface area contributed by atoms with Crippen molar-refractivity contribution >= 4 is 11.9 Å². The molecule has 1 aromatic rings. The third kappa shape index (κ3) is 4.99. The first-order chi connectivity index (χ1) is 8.63. The van der Waals surface area contributed by atoms with Crippen molar-refractivity contribution in [3.63, 3.8) is 0 Å². The van der Waals surface area contributed by atoms with E-state index in [9.17, 15) is 9.59 Å². The number of hydrogen-bond donors (Lipinski definition) is 0. The summed E-state index contributed by atoms with van der Waals surface area (Å²) in [5.74, 6) is -0.250. The van der Waals surface area contributed by atoms with Gasteiger partial charge in [0.2, 0.25) is 5.91 Å². The molecule has 0 unspecified atom stereocenters. The number of amides is 1. The second-order valence-electron chi connectivity index (χ2n) is 4.13. The average Bonchev–Trinajstić information content (AvgIpc) is 2.42. The van der Waals surface area contributed by atoms with Crippen LogP contribution < -0.4 is 0 Å². The summed E-state index contributed by atoms with van der Waals surface area (Å²) in [6, 6.07) is 9.87. The Morgan fingerprint density at radius 1 is 1.17 bits per heavy atom. The molecule has 0 aliphatic heterocycles. The molecular weight excluding hydrogens is 230 g/mol. The van der Waals surface area contributed by atoms with Crippen LogP contribution in [0.3, 0.4) is 0 Å². The largest absolute Gasteiger partial charge is 0.469 e. The van der Waals surface area contributed by atoms with Gasteiger partial charge in [-0.05, 0) is 12.0 Å². The Kier molecular flexibility index (Phi) is 5.91. The first-order valence-electron chi connectivity index (χ1n) is 5.98. The monoisotopic (exact) mass is 249 g/mol. The summed E-state index contributed by atoms with van der Waals surface area (Å²) in [7, 11) is 3.05. The van der Waals surface area contributed by atoms with E-state index in [0.717, 1.165) is 12.0 Å². The zero-order valence-electron chi connectivity index (χ0n) is 10.9. The van der Waals surface area contributed by atoms with Crippen molar-refractivity contribution in [1.29, 1.82) is 0 Å². The quantitative estimate of drug-likeness (QED) is 0.720. The van der Waals surface area contributed by atoms with Gasteiger partial charge in [0.25, 0.3) is 0 Å². The third-order valence-corrected chi connectivity index (χ3v) is 2.78. The first kappa shape index (κ1) is 14.2. The Balaban J connectivity index is 2.30. The highest BCUT2D eigenvalue weighted by Gasteiger charge is 2.10. The summed E-state index contributed by atoms with van der Waals surface area (Å²) < 4.78 is 4.53. The Morgan fingerprint density at radius 2 is 1.83 bits per heavy atom. The van der Waals surface area contributed by atoms with Crippen LogP contribution in [0.25, 0.3) is 0 Å². The number of carbonyl (C=O) groups excluding carboxylic acids is 2. The summed E-state index contributed by atoms with van der Waals surface area (Å²) in [6.45, 7) is 0.403. The van der Waals surface area contributed by atoms with Crippen molar-refractivity contribution in [2.45, 2.75) is 19.3 Å². The summed E-state index contributed by atoms with van der Waals surface area (Å²) in [6.07, 6.45) is 1.42. The van der Waals surface area contributed by atoms with Crippen LogP contribution in [0.15, 0.2) is 30.3 Å². The molecule has 0 bridgehead atoms. The van der Waals surface area contributed by atoms with Crippen molar-refractivity contribution in [1.82, 2.24) is 4.90 Å². The Bertz CT molecular complexity index is 389. The number of esters is 1. The predicted molar refractivity (Wildman–Crippen MR) is 69.0 cm³/mol. The Morgan fingerprint density at radius 3 is 2.44 bits per heavy atom. The number of aryl methyl sites for hydroxylation is 1. The zero-order valence-corrected chi connectivity index (χ0v) is 10.9. The van der Waals surface area contributed by atoms with Gasteiger partial charge >= 0.3 is 5.97 Å². The predicted octanol–water partition coefficient (Wildman–Crippen LogP) is 1.64. The zero-order chi connectivity index (χ0) is 13.4. The van der Waals surface area contributed by atoms with Gasteiger partial charge in [0.15, 0.2) is 0 Å². The van der Waals surface area contributed by atoms with Crippen LogP contribution in [0, 0.1) is 0 Å². The minimum atomic E-state index is -0.294. The molecule has 0 aliphatic carbocycles. The highest BCUT2D eigenvalue weighted by atomic mass is 16.5. The molecule has 98 valence electrons. The summed E-state index contributed by atoms with van der Waals surface area (Å²) >= 11 is 0. The molecule has 0 spiro atoms. The van der Waals surface area contributed by atoms with Crippen molar-refractivity contribution in [2.75, 3.05) is 20.7 Å². The van der Waals surface area contributed by atoms with Gasteiger partial charge in [-0.2, -0.15) is 0 Å². The molecule has 0 N–H and O–H groups in total. The lowest BCUT2D eigenvalue weighted by Crippen LogP contribution is -2.29. The fraction of sp³-hybridized carbons (Fsp3) is 0.429. The molecule has 1 rings (SSSR count). The number of methoxy groups -OCH3 is 1. The van der Waals surface area contributed by atoms with E-state index in [1.165, 1.54) is 7.11 Å². The van der Waals surface area contributed by atoms with Gasteiger partial charge in [-0.1, -0.05) is 30.3 Å². The van der Waals surface area contributed by atoms with E-state index in [2.05, 4.69) is 4.74 Å². The first-order valence-corrected chi connectivity index (χ1v) is 5.98. The van der Waals surface area contributed by atoms with E-state index >= 15 is 0 Å². The van der Waals surface area contributed by atoms with Crippen molar-refractivity contribution < 1.29 is 14.3 Å². The van der Waals surface area contributed by atoms with Gasteiger partial charge in [0, 0.05) is 20.0 Å². The highest BCUT2D eigenvalue weighted by molar-refractivity contribution is 5.77. The molecule has 0 heterocycles. The minimum Gasteiger partial charge on any atom is -0.469 e. The van der Waals surface area contributed by atoms with Crippen LogP contribution >= 0.6 is 0 Å². The van der Waals surface area contributed by atoms with E-state index in [0.29, 0.717) is 13.0 Å². The molecule has 1 amide bonds. The van der Waals surface area contributed by atoms with E-state index in [-0.39, 0.29) is 18.3 Å². The van der Waals surface area contributed by atoms with Gasteiger partial charge in [-0.3, -0.25) is 9.59 Å². The van der Waals surface area contributed by atoms with Gasteiger partial charge < -0.3 is 9.64 Å². The molecule has 0 fully saturated rings. The molecule has 4 nitrogen and oxygen atoms in total. The molecule has 18 heavy (non-hydrogen) atoms. The topological polar surface area (TPSA) is 46.6 Å². The number of ether oxygens (including phenoxy) is 1. The summed E-state index contributed by atoms with van der Waals surface area (Å²) in [5, 5.41) is 0. The van der Waals surface area contributed by atoms with Gasteiger partial charge in [0.1, 0.15) is 0 Å². The molecule has 0 saturated carbocycles. The minimum absolute atomic E-state index is 0.0442. The average molecular weight is 249 g/mol. The maximum atomic E-state index is 11.8. The van der Waals surface area contributed by atoms with Crippen LogP contribution in [0.5, 0.6) is 0 Å². The van der Waals surface area contributed by atoms with E-state index in [1.807, 2.05) is 30.3 Å². The molecule has 0 radical (unpaired) electrons. The SMILES string of the molecule is COC(=O)CCN(C)C(=O)CCc1ccccc1. The van der Waals surface area contributed by atoms with E-state index in [1.54, 1.807) is 11.9 Å². The third-order valence-electron chi connectivity index (χ3n) is 2.78. The van der Waals surface area contributed by atoms with Crippen molar-refractivity contribution in [3.05, 3.63) is 35.9 Å². The van der Waals surface area contributed by atoms with Crippen LogP contribution in [-0.4, -0.2) is 37.5 Å². The lowest BCUT2D eigenvalue weighted by atomic mass is 10.1. The fourth-order valence-corrected chi connectivity index (χ4v) is 1.57. The number of rotatable bonds is 6. The molecule has 0 aliphatic rings. The maximum Gasteiger partial charge on any atom is 0.307 e. The lowest BCUT2D eigenvalue weighted by Gasteiger charge is -2.16. The molecule has 0 saturated heterocycles. The normalized spacial score (nSPS) is 9.89. The van der Waals surface area contributed by atoms with Gasteiger partial charge in [-0.25, -0.2) is 0 Å². The summed E-state index contributed by atoms with van der Waals surface area (Å²) in [4.78, 5) is 24.3. The molecule has 0 aromatic heterocycles. The Labute approximate surface area is 108 Å². The standard InChI is InChI=1S/C14H19NO3/c1-15(11-10-14(17)18-2)13(16)9-8-12-6-4-3-5-7-12/h3-7H,8-11H2,1-2H3. The number of benzene rings is 1. The second kappa shape index (κ2) is 7.48. The number of carbonyl (C=O) groups is 2. The van der Waals surface area contributed by atoms with Crippen LogP contribution in [0.1, 0.15) is 18.4 Å².